The fourth-order valence-electron chi connectivity index (χ4n) is 3.41. The van der Waals surface area contributed by atoms with Gasteiger partial charge < -0.3 is 4.57 Å². The highest BCUT2D eigenvalue weighted by Crippen LogP contribution is 2.24. The Kier molecular flexibility index (Phi) is 5.36. The maximum Gasteiger partial charge on any atom is 0.214 e. The van der Waals surface area contributed by atoms with Gasteiger partial charge in [-0.05, 0) is 24.8 Å². The van der Waals surface area contributed by atoms with Crippen molar-refractivity contribution in [3.05, 3.63) is 54.1 Å². The summed E-state index contributed by atoms with van der Waals surface area (Å²) in [5, 5.41) is 0. The lowest BCUT2D eigenvalue weighted by molar-refractivity contribution is 0.349. The molecule has 24 heavy (non-hydrogen) atoms. The van der Waals surface area contributed by atoms with Crippen LogP contribution in [0.3, 0.4) is 0 Å². The van der Waals surface area contributed by atoms with Crippen LogP contribution in [0.5, 0.6) is 0 Å². The van der Waals surface area contributed by atoms with E-state index in [2.05, 4.69) is 16.5 Å². The van der Waals surface area contributed by atoms with Crippen LogP contribution in [0.4, 0.5) is 0 Å². The first kappa shape index (κ1) is 17.2. The third-order valence-corrected chi connectivity index (χ3v) is 6.61. The van der Waals surface area contributed by atoms with Crippen molar-refractivity contribution >= 4 is 10.0 Å². The summed E-state index contributed by atoms with van der Waals surface area (Å²) in [4.78, 5) is 4.33. The molecule has 130 valence electrons. The lowest BCUT2D eigenvalue weighted by Gasteiger charge is -2.25. The van der Waals surface area contributed by atoms with E-state index in [9.17, 15) is 8.42 Å². The van der Waals surface area contributed by atoms with Gasteiger partial charge in [0.05, 0.1) is 5.75 Å². The van der Waals surface area contributed by atoms with Crippen LogP contribution in [0, 0.1) is 0 Å². The van der Waals surface area contributed by atoms with Crippen LogP contribution in [-0.2, 0) is 29.4 Å². The molecule has 2 heterocycles. The minimum absolute atomic E-state index is 0.0465. The van der Waals surface area contributed by atoms with Crippen molar-refractivity contribution in [2.45, 2.75) is 45.2 Å². The summed E-state index contributed by atoms with van der Waals surface area (Å²) in [7, 11) is -3.23. The molecule has 6 heteroatoms. The minimum atomic E-state index is -3.23. The molecule has 1 saturated heterocycles. The summed E-state index contributed by atoms with van der Waals surface area (Å²) >= 11 is 0. The number of rotatable bonds is 7. The summed E-state index contributed by atoms with van der Waals surface area (Å²) in [5.74, 6) is 1.20. The highest BCUT2D eigenvalue weighted by molar-refractivity contribution is 7.89. The summed E-state index contributed by atoms with van der Waals surface area (Å²) in [6, 6.07) is 9.86. The van der Waals surface area contributed by atoms with E-state index < -0.39 is 10.0 Å². The number of aromatic nitrogens is 2. The molecular formula is C18H25N3O2S. The van der Waals surface area contributed by atoms with E-state index in [4.69, 9.17) is 0 Å². The van der Waals surface area contributed by atoms with Gasteiger partial charge in [-0.1, -0.05) is 37.3 Å². The second-order valence-electron chi connectivity index (χ2n) is 6.31. The number of aryl methyl sites for hydroxylation is 2. The van der Waals surface area contributed by atoms with E-state index in [0.717, 1.165) is 30.7 Å². The summed E-state index contributed by atoms with van der Waals surface area (Å²) < 4.78 is 29.4. The van der Waals surface area contributed by atoms with Gasteiger partial charge in [0.25, 0.3) is 0 Å². The highest BCUT2D eigenvalue weighted by atomic mass is 32.2. The third kappa shape index (κ3) is 3.87. The molecule has 5 nitrogen and oxygen atoms in total. The van der Waals surface area contributed by atoms with E-state index in [-0.39, 0.29) is 11.8 Å². The second kappa shape index (κ2) is 7.49. The zero-order valence-electron chi connectivity index (χ0n) is 14.1. The zero-order chi connectivity index (χ0) is 17.0. The van der Waals surface area contributed by atoms with E-state index in [1.165, 1.54) is 0 Å². The predicted molar refractivity (Wildman–Crippen MR) is 95.3 cm³/mol. The predicted octanol–water partition coefficient (Wildman–Crippen LogP) is 2.48. The molecule has 1 atom stereocenters. The van der Waals surface area contributed by atoms with Gasteiger partial charge >= 0.3 is 0 Å². The molecule has 0 unspecified atom stereocenters. The van der Waals surface area contributed by atoms with Gasteiger partial charge in [0.1, 0.15) is 5.82 Å². The minimum Gasteiger partial charge on any atom is -0.333 e. The fourth-order valence-corrected chi connectivity index (χ4v) is 5.18. The van der Waals surface area contributed by atoms with Gasteiger partial charge in [-0.2, -0.15) is 4.31 Å². The van der Waals surface area contributed by atoms with Gasteiger partial charge in [-0.15, -0.1) is 0 Å². The zero-order valence-corrected chi connectivity index (χ0v) is 15.0. The molecule has 1 aromatic carbocycles. The Morgan fingerprint density at radius 1 is 1.25 bits per heavy atom. The van der Waals surface area contributed by atoms with Crippen molar-refractivity contribution in [3.63, 3.8) is 0 Å². The smallest absolute Gasteiger partial charge is 0.214 e. The Hall–Kier alpha value is -1.66. The summed E-state index contributed by atoms with van der Waals surface area (Å²) in [6.45, 7) is 3.41. The first-order valence-corrected chi connectivity index (χ1v) is 10.2. The Morgan fingerprint density at radius 2 is 2.04 bits per heavy atom. The highest BCUT2D eigenvalue weighted by Gasteiger charge is 2.34. The molecule has 0 bridgehead atoms. The molecule has 0 saturated carbocycles. The molecule has 2 aromatic rings. The molecule has 0 amide bonds. The SMILES string of the molecule is CCc1nccn1C[C@H]1CCCN1S(=O)(=O)CCc1ccccc1. The van der Waals surface area contributed by atoms with Crippen LogP contribution in [-0.4, -0.2) is 40.6 Å². The standard InChI is InChI=1S/C18H25N3O2S/c1-2-18-19-11-13-20(18)15-17-9-6-12-21(17)24(22,23)14-10-16-7-4-3-5-8-16/h3-5,7-8,11,13,17H,2,6,9-10,12,14-15H2,1H3/t17-/m1/s1. The van der Waals surface area contributed by atoms with E-state index in [0.29, 0.717) is 19.5 Å². The van der Waals surface area contributed by atoms with Crippen molar-refractivity contribution in [1.29, 1.82) is 0 Å². The van der Waals surface area contributed by atoms with E-state index in [1.807, 2.05) is 36.5 Å². The van der Waals surface area contributed by atoms with Crippen LogP contribution in [0.2, 0.25) is 0 Å². The third-order valence-electron chi connectivity index (χ3n) is 4.70. The van der Waals surface area contributed by atoms with Crippen molar-refractivity contribution < 1.29 is 8.42 Å². The van der Waals surface area contributed by atoms with E-state index in [1.54, 1.807) is 10.5 Å². The first-order chi connectivity index (χ1) is 11.6. The molecular weight excluding hydrogens is 322 g/mol. The first-order valence-electron chi connectivity index (χ1n) is 8.63. The lowest BCUT2D eigenvalue weighted by atomic mass is 10.2. The number of nitrogens with zero attached hydrogens (tertiary/aromatic N) is 3. The summed E-state index contributed by atoms with van der Waals surface area (Å²) in [6.07, 6.45) is 7.03. The molecule has 0 radical (unpaired) electrons. The lowest BCUT2D eigenvalue weighted by Crippen LogP contribution is -2.39. The molecule has 1 aliphatic heterocycles. The van der Waals surface area contributed by atoms with Crippen LogP contribution in [0.1, 0.15) is 31.2 Å². The molecule has 1 aromatic heterocycles. The van der Waals surface area contributed by atoms with Crippen LogP contribution in [0.25, 0.3) is 0 Å². The van der Waals surface area contributed by atoms with Gasteiger partial charge in [0.15, 0.2) is 0 Å². The Morgan fingerprint density at radius 3 is 2.79 bits per heavy atom. The normalized spacial score (nSPS) is 19.0. The van der Waals surface area contributed by atoms with Crippen molar-refractivity contribution in [2.75, 3.05) is 12.3 Å². The maximum absolute atomic E-state index is 12.8. The van der Waals surface area contributed by atoms with Gasteiger partial charge in [-0.25, -0.2) is 13.4 Å². The molecule has 3 rings (SSSR count). The average Bonchev–Trinajstić information content (AvgIpc) is 3.24. The molecule has 0 spiro atoms. The maximum atomic E-state index is 12.8. The Balaban J connectivity index is 1.67. The topological polar surface area (TPSA) is 55.2 Å². The monoisotopic (exact) mass is 347 g/mol. The Bertz CT molecular complexity index is 756. The van der Waals surface area contributed by atoms with Gasteiger partial charge in [-0.3, -0.25) is 0 Å². The van der Waals surface area contributed by atoms with Gasteiger partial charge in [0, 0.05) is 37.9 Å². The largest absolute Gasteiger partial charge is 0.333 e. The number of sulfonamides is 1. The van der Waals surface area contributed by atoms with Crippen LogP contribution in [0.15, 0.2) is 42.7 Å². The number of hydrogen-bond acceptors (Lipinski definition) is 3. The molecule has 0 N–H and O–H groups in total. The number of imidazole rings is 1. The molecule has 0 aliphatic carbocycles. The number of benzene rings is 1. The Labute approximate surface area is 144 Å². The van der Waals surface area contributed by atoms with Crippen LogP contribution >= 0.6 is 0 Å². The molecule has 1 fully saturated rings. The van der Waals surface area contributed by atoms with E-state index >= 15 is 0 Å². The fraction of sp³-hybridized carbons (Fsp3) is 0.500. The van der Waals surface area contributed by atoms with Gasteiger partial charge in [0.2, 0.25) is 10.0 Å². The average molecular weight is 347 g/mol. The van der Waals surface area contributed by atoms with Crippen molar-refractivity contribution in [3.8, 4) is 0 Å². The quantitative estimate of drug-likeness (QED) is 0.773. The summed E-state index contributed by atoms with van der Waals surface area (Å²) in [5.41, 5.74) is 1.07. The van der Waals surface area contributed by atoms with Crippen LogP contribution < -0.4 is 0 Å². The molecule has 1 aliphatic rings. The second-order valence-corrected chi connectivity index (χ2v) is 8.35. The van der Waals surface area contributed by atoms with Crippen molar-refractivity contribution in [2.24, 2.45) is 0 Å². The number of hydrogen-bond donors (Lipinski definition) is 0. The van der Waals surface area contributed by atoms with Crippen molar-refractivity contribution in [1.82, 2.24) is 13.9 Å².